The van der Waals surface area contributed by atoms with Crippen LogP contribution in [0.15, 0.2) is 24.3 Å². The van der Waals surface area contributed by atoms with E-state index in [1.807, 2.05) is 0 Å². The SMILES string of the molecule is COC(=O)CNC(=O)C(C)(C)c1cccc(C(F)(F)F)c1. The molecule has 0 aliphatic heterocycles. The van der Waals surface area contributed by atoms with Crippen LogP contribution < -0.4 is 5.32 Å². The van der Waals surface area contributed by atoms with Gasteiger partial charge in [0.1, 0.15) is 6.54 Å². The van der Waals surface area contributed by atoms with Crippen molar-refractivity contribution >= 4 is 11.9 Å². The van der Waals surface area contributed by atoms with Crippen molar-refractivity contribution in [3.8, 4) is 0 Å². The largest absolute Gasteiger partial charge is 0.468 e. The summed E-state index contributed by atoms with van der Waals surface area (Å²) in [5, 5.41) is 2.34. The van der Waals surface area contributed by atoms with Crippen molar-refractivity contribution in [1.29, 1.82) is 0 Å². The Labute approximate surface area is 120 Å². The van der Waals surface area contributed by atoms with Crippen molar-refractivity contribution in [2.75, 3.05) is 13.7 Å². The molecule has 116 valence electrons. The molecule has 7 heteroatoms. The van der Waals surface area contributed by atoms with Gasteiger partial charge in [0.15, 0.2) is 0 Å². The summed E-state index contributed by atoms with van der Waals surface area (Å²) in [4.78, 5) is 23.0. The molecule has 0 spiro atoms. The van der Waals surface area contributed by atoms with Gasteiger partial charge in [0.05, 0.1) is 18.1 Å². The molecule has 1 amide bonds. The zero-order valence-electron chi connectivity index (χ0n) is 11.9. The van der Waals surface area contributed by atoms with Crippen LogP contribution in [0.3, 0.4) is 0 Å². The van der Waals surface area contributed by atoms with Crippen molar-refractivity contribution in [3.63, 3.8) is 0 Å². The Morgan fingerprint density at radius 1 is 1.19 bits per heavy atom. The summed E-state index contributed by atoms with van der Waals surface area (Å²) < 4.78 is 42.5. The van der Waals surface area contributed by atoms with E-state index >= 15 is 0 Å². The predicted molar refractivity (Wildman–Crippen MR) is 69.5 cm³/mol. The van der Waals surface area contributed by atoms with Gasteiger partial charge in [-0.05, 0) is 25.5 Å². The van der Waals surface area contributed by atoms with Gasteiger partial charge in [-0.2, -0.15) is 13.2 Å². The standard InChI is InChI=1S/C14H16F3NO3/c1-13(2,12(20)18-8-11(19)21-3)9-5-4-6-10(7-9)14(15,16)17/h4-7H,8H2,1-3H3,(H,18,20). The fourth-order valence-electron chi connectivity index (χ4n) is 1.66. The lowest BCUT2D eigenvalue weighted by Gasteiger charge is -2.24. The van der Waals surface area contributed by atoms with Crippen LogP contribution in [0.2, 0.25) is 0 Å². The second-order valence-electron chi connectivity index (χ2n) is 4.96. The third-order valence-corrected chi connectivity index (χ3v) is 3.10. The third kappa shape index (κ3) is 4.21. The number of carbonyl (C=O) groups is 2. The van der Waals surface area contributed by atoms with E-state index in [0.717, 1.165) is 12.1 Å². The minimum absolute atomic E-state index is 0.208. The van der Waals surface area contributed by atoms with Gasteiger partial charge in [-0.15, -0.1) is 0 Å². The first-order chi connectivity index (χ1) is 9.59. The molecule has 0 aliphatic carbocycles. The summed E-state index contributed by atoms with van der Waals surface area (Å²) in [6.07, 6.45) is -4.48. The summed E-state index contributed by atoms with van der Waals surface area (Å²) in [6, 6.07) is 4.55. The smallest absolute Gasteiger partial charge is 0.416 e. The average molecular weight is 303 g/mol. The molecule has 0 atom stereocenters. The molecule has 1 rings (SSSR count). The Bertz CT molecular complexity index is 539. The molecule has 0 aliphatic rings. The number of carbonyl (C=O) groups excluding carboxylic acids is 2. The van der Waals surface area contributed by atoms with Gasteiger partial charge in [-0.1, -0.05) is 18.2 Å². The van der Waals surface area contributed by atoms with Crippen molar-refractivity contribution in [2.45, 2.75) is 25.4 Å². The van der Waals surface area contributed by atoms with Crippen molar-refractivity contribution in [1.82, 2.24) is 5.32 Å². The first-order valence-electron chi connectivity index (χ1n) is 6.12. The van der Waals surface area contributed by atoms with Crippen LogP contribution in [0.5, 0.6) is 0 Å². The maximum Gasteiger partial charge on any atom is 0.416 e. The first kappa shape index (κ1) is 17.0. The molecule has 0 aromatic heterocycles. The molecule has 0 fully saturated rings. The molecule has 0 unspecified atom stereocenters. The van der Waals surface area contributed by atoms with Crippen LogP contribution >= 0.6 is 0 Å². The van der Waals surface area contributed by atoms with E-state index in [1.165, 1.54) is 33.1 Å². The number of esters is 1. The quantitative estimate of drug-likeness (QED) is 0.868. The average Bonchev–Trinajstić information content (AvgIpc) is 2.43. The number of benzene rings is 1. The van der Waals surface area contributed by atoms with Gasteiger partial charge in [-0.25, -0.2) is 0 Å². The number of methoxy groups -OCH3 is 1. The highest BCUT2D eigenvalue weighted by Gasteiger charge is 2.34. The topological polar surface area (TPSA) is 55.4 Å². The Kier molecular flexibility index (Phi) is 4.98. The van der Waals surface area contributed by atoms with Crippen LogP contribution in [-0.4, -0.2) is 25.5 Å². The molecule has 0 heterocycles. The van der Waals surface area contributed by atoms with Gasteiger partial charge in [-0.3, -0.25) is 9.59 Å². The lowest BCUT2D eigenvalue weighted by atomic mass is 9.83. The summed E-state index contributed by atoms with van der Waals surface area (Å²) in [5.41, 5.74) is -1.83. The van der Waals surface area contributed by atoms with Crippen molar-refractivity contribution < 1.29 is 27.5 Å². The second kappa shape index (κ2) is 6.15. The van der Waals surface area contributed by atoms with Crippen LogP contribution in [0, 0.1) is 0 Å². The van der Waals surface area contributed by atoms with Gasteiger partial charge in [0, 0.05) is 0 Å². The molecule has 0 saturated carbocycles. The van der Waals surface area contributed by atoms with E-state index in [1.54, 1.807) is 0 Å². The molecule has 1 aromatic rings. The number of hydrogen-bond donors (Lipinski definition) is 1. The molecule has 1 aromatic carbocycles. The molecular formula is C14H16F3NO3. The molecule has 1 N–H and O–H groups in total. The first-order valence-corrected chi connectivity index (χ1v) is 6.12. The second-order valence-corrected chi connectivity index (χ2v) is 4.96. The number of hydrogen-bond acceptors (Lipinski definition) is 3. The highest BCUT2D eigenvalue weighted by atomic mass is 19.4. The molecule has 21 heavy (non-hydrogen) atoms. The van der Waals surface area contributed by atoms with Gasteiger partial charge >= 0.3 is 12.1 Å². The number of alkyl halides is 3. The number of rotatable bonds is 4. The lowest BCUT2D eigenvalue weighted by Crippen LogP contribution is -2.42. The maximum absolute atomic E-state index is 12.7. The van der Waals surface area contributed by atoms with E-state index in [-0.39, 0.29) is 12.1 Å². The predicted octanol–water partition coefficient (Wildman–Crippen LogP) is 2.27. The molecule has 0 radical (unpaired) electrons. The summed E-state index contributed by atoms with van der Waals surface area (Å²) in [7, 11) is 1.17. The van der Waals surface area contributed by atoms with Crippen LogP contribution in [0.25, 0.3) is 0 Å². The maximum atomic E-state index is 12.7. The monoisotopic (exact) mass is 303 g/mol. The Morgan fingerprint density at radius 2 is 1.76 bits per heavy atom. The highest BCUT2D eigenvalue weighted by molar-refractivity contribution is 5.89. The number of halogens is 3. The minimum atomic E-state index is -4.48. The number of amides is 1. The fourth-order valence-corrected chi connectivity index (χ4v) is 1.66. The third-order valence-electron chi connectivity index (χ3n) is 3.10. The fraction of sp³-hybridized carbons (Fsp3) is 0.429. The summed E-state index contributed by atoms with van der Waals surface area (Å²) in [5.74, 6) is -1.20. The Hall–Kier alpha value is -2.05. The van der Waals surface area contributed by atoms with Crippen LogP contribution in [0.1, 0.15) is 25.0 Å². The van der Waals surface area contributed by atoms with Crippen LogP contribution in [0.4, 0.5) is 13.2 Å². The van der Waals surface area contributed by atoms with Gasteiger partial charge in [0.2, 0.25) is 5.91 Å². The zero-order valence-corrected chi connectivity index (χ0v) is 11.9. The molecule has 0 bridgehead atoms. The zero-order chi connectivity index (χ0) is 16.3. The molecule has 0 saturated heterocycles. The highest BCUT2D eigenvalue weighted by Crippen LogP contribution is 2.32. The molecular weight excluding hydrogens is 287 g/mol. The van der Waals surface area contributed by atoms with Crippen molar-refractivity contribution in [3.05, 3.63) is 35.4 Å². The lowest BCUT2D eigenvalue weighted by molar-refractivity contribution is -0.141. The van der Waals surface area contributed by atoms with Gasteiger partial charge in [0.25, 0.3) is 0 Å². The van der Waals surface area contributed by atoms with E-state index in [2.05, 4.69) is 10.1 Å². The van der Waals surface area contributed by atoms with E-state index < -0.39 is 29.0 Å². The summed E-state index contributed by atoms with van der Waals surface area (Å²) >= 11 is 0. The van der Waals surface area contributed by atoms with E-state index in [4.69, 9.17) is 0 Å². The van der Waals surface area contributed by atoms with E-state index in [9.17, 15) is 22.8 Å². The Balaban J connectivity index is 2.96. The number of nitrogens with one attached hydrogen (secondary N) is 1. The van der Waals surface area contributed by atoms with E-state index in [0.29, 0.717) is 0 Å². The molecule has 4 nitrogen and oxygen atoms in total. The minimum Gasteiger partial charge on any atom is -0.468 e. The summed E-state index contributed by atoms with van der Waals surface area (Å²) in [6.45, 7) is 2.63. The Morgan fingerprint density at radius 3 is 2.29 bits per heavy atom. The normalized spacial score (nSPS) is 11.9. The van der Waals surface area contributed by atoms with Gasteiger partial charge < -0.3 is 10.1 Å². The van der Waals surface area contributed by atoms with Crippen LogP contribution in [-0.2, 0) is 25.9 Å². The van der Waals surface area contributed by atoms with Crippen molar-refractivity contribution in [2.24, 2.45) is 0 Å². The number of ether oxygens (including phenoxy) is 1.